The van der Waals surface area contributed by atoms with Gasteiger partial charge in [0.05, 0.1) is 6.20 Å². The number of carbonyl (C=O) groups is 1. The van der Waals surface area contributed by atoms with E-state index in [1.54, 1.807) is 29.7 Å². The van der Waals surface area contributed by atoms with Crippen molar-refractivity contribution in [1.29, 1.82) is 0 Å². The van der Waals surface area contributed by atoms with Gasteiger partial charge in [0.25, 0.3) is 5.91 Å². The van der Waals surface area contributed by atoms with Crippen LogP contribution in [-0.4, -0.2) is 49.0 Å². The van der Waals surface area contributed by atoms with Crippen molar-refractivity contribution < 1.29 is 4.79 Å². The van der Waals surface area contributed by atoms with Crippen LogP contribution >= 0.6 is 0 Å². The number of aromatic nitrogens is 5. The summed E-state index contributed by atoms with van der Waals surface area (Å²) >= 11 is 0. The predicted molar refractivity (Wildman–Crippen MR) is 108 cm³/mol. The van der Waals surface area contributed by atoms with Crippen LogP contribution in [0, 0.1) is 5.92 Å². The van der Waals surface area contributed by atoms with Gasteiger partial charge >= 0.3 is 0 Å². The molecule has 2 saturated carbocycles. The van der Waals surface area contributed by atoms with E-state index in [2.05, 4.69) is 26.8 Å². The summed E-state index contributed by atoms with van der Waals surface area (Å²) in [5.41, 5.74) is 1.29. The minimum Gasteiger partial charge on any atom is -0.337 e. The lowest BCUT2D eigenvalue weighted by atomic mass is 10.1. The van der Waals surface area contributed by atoms with Crippen molar-refractivity contribution in [2.45, 2.75) is 37.8 Å². The lowest BCUT2D eigenvalue weighted by Gasteiger charge is -2.42. The van der Waals surface area contributed by atoms with Gasteiger partial charge in [-0.05, 0) is 37.3 Å². The monoisotopic (exact) mass is 387 g/mol. The summed E-state index contributed by atoms with van der Waals surface area (Å²) < 4.78 is 1.89. The summed E-state index contributed by atoms with van der Waals surface area (Å²) in [5.74, 6) is 2.69. The minimum atomic E-state index is -0.433. The van der Waals surface area contributed by atoms with E-state index in [1.807, 2.05) is 29.9 Å². The first-order valence-corrected chi connectivity index (χ1v) is 10.00. The molecule has 1 aliphatic heterocycles. The number of hydrogen-bond donors (Lipinski definition) is 0. The Morgan fingerprint density at radius 1 is 1.14 bits per heavy atom. The Morgan fingerprint density at radius 3 is 2.59 bits per heavy atom. The average Bonchev–Trinajstić information content (AvgIpc) is 3.64. The molecule has 2 aliphatic carbocycles. The van der Waals surface area contributed by atoms with Gasteiger partial charge in [-0.25, -0.2) is 9.97 Å². The van der Waals surface area contributed by atoms with Crippen LogP contribution in [0.2, 0.25) is 0 Å². The van der Waals surface area contributed by atoms with Gasteiger partial charge in [0.15, 0.2) is 5.82 Å². The highest BCUT2D eigenvalue weighted by molar-refractivity contribution is 6.10. The maximum Gasteiger partial charge on any atom is 0.253 e. The molecule has 3 aliphatic rings. The molecule has 0 aromatic carbocycles. The maximum absolute atomic E-state index is 13.2. The molecule has 0 saturated heterocycles. The summed E-state index contributed by atoms with van der Waals surface area (Å²) in [7, 11) is 1.83. The fourth-order valence-corrected chi connectivity index (χ4v) is 4.63. The Kier molecular flexibility index (Phi) is 3.23. The first kappa shape index (κ1) is 16.6. The molecule has 2 atom stereocenters. The van der Waals surface area contributed by atoms with E-state index in [1.165, 1.54) is 0 Å². The van der Waals surface area contributed by atoms with Gasteiger partial charge in [-0.15, -0.1) is 0 Å². The fourth-order valence-electron chi connectivity index (χ4n) is 4.63. The van der Waals surface area contributed by atoms with Gasteiger partial charge in [-0.3, -0.25) is 14.3 Å². The third-order valence-electron chi connectivity index (χ3n) is 6.41. The van der Waals surface area contributed by atoms with Crippen molar-refractivity contribution in [2.75, 3.05) is 16.8 Å². The van der Waals surface area contributed by atoms with Gasteiger partial charge < -0.3 is 9.80 Å². The molecule has 8 heteroatoms. The average molecular weight is 387 g/mol. The van der Waals surface area contributed by atoms with E-state index in [4.69, 9.17) is 4.98 Å². The zero-order valence-electron chi connectivity index (χ0n) is 16.4. The summed E-state index contributed by atoms with van der Waals surface area (Å²) in [6, 6.07) is 4.23. The van der Waals surface area contributed by atoms with Crippen LogP contribution in [0.15, 0.2) is 43.1 Å². The Morgan fingerprint density at radius 2 is 1.90 bits per heavy atom. The molecule has 2 fully saturated rings. The molecular formula is C21H21N7O. The second-order valence-corrected chi connectivity index (χ2v) is 8.23. The second kappa shape index (κ2) is 5.62. The van der Waals surface area contributed by atoms with Crippen LogP contribution in [0.1, 0.15) is 26.2 Å². The predicted octanol–water partition coefficient (Wildman–Crippen LogP) is 2.45. The SMILES string of the molecule is C[C@H]1C[C@@]12C(=O)N(C)c1cnc(-n3ccnc3-c3ccncc3)nc1N2C1CC1. The third kappa shape index (κ3) is 2.22. The summed E-state index contributed by atoms with van der Waals surface area (Å²) in [6.07, 6.45) is 12.0. The molecule has 0 bridgehead atoms. The molecule has 3 aromatic heterocycles. The number of amides is 1. The molecule has 1 amide bonds. The second-order valence-electron chi connectivity index (χ2n) is 8.23. The van der Waals surface area contributed by atoms with Crippen LogP contribution < -0.4 is 9.80 Å². The van der Waals surface area contributed by atoms with Crippen LogP contribution in [0.4, 0.5) is 11.5 Å². The molecule has 146 valence electrons. The molecule has 8 nitrogen and oxygen atoms in total. The van der Waals surface area contributed by atoms with Crippen LogP contribution in [0.3, 0.4) is 0 Å². The number of pyridine rings is 1. The third-order valence-corrected chi connectivity index (χ3v) is 6.41. The normalized spacial score (nSPS) is 25.4. The van der Waals surface area contributed by atoms with Crippen LogP contribution in [0.25, 0.3) is 17.3 Å². The number of likely N-dealkylation sites (N-methyl/N-ethyl adjacent to an activating group) is 1. The number of carbonyl (C=O) groups excluding carboxylic acids is 1. The van der Waals surface area contributed by atoms with Gasteiger partial charge in [0, 0.05) is 43.4 Å². The molecule has 3 aromatic rings. The van der Waals surface area contributed by atoms with Crippen molar-refractivity contribution in [3.05, 3.63) is 43.1 Å². The van der Waals surface area contributed by atoms with Gasteiger partial charge in [0.1, 0.15) is 17.1 Å². The molecule has 1 spiro atoms. The first-order chi connectivity index (χ1) is 14.1. The number of nitrogens with zero attached hydrogens (tertiary/aromatic N) is 7. The molecule has 0 N–H and O–H groups in total. The molecule has 4 heterocycles. The number of imidazole rings is 1. The number of fused-ring (bicyclic) bond motifs is 1. The lowest BCUT2D eigenvalue weighted by Crippen LogP contribution is -2.57. The van der Waals surface area contributed by atoms with E-state index >= 15 is 0 Å². The lowest BCUT2D eigenvalue weighted by molar-refractivity contribution is -0.121. The van der Waals surface area contributed by atoms with Crippen LogP contribution in [0.5, 0.6) is 0 Å². The quantitative estimate of drug-likeness (QED) is 0.687. The van der Waals surface area contributed by atoms with E-state index in [0.29, 0.717) is 17.9 Å². The highest BCUT2D eigenvalue weighted by Gasteiger charge is 2.67. The Bertz CT molecular complexity index is 1120. The maximum atomic E-state index is 13.2. The van der Waals surface area contributed by atoms with E-state index < -0.39 is 5.54 Å². The van der Waals surface area contributed by atoms with Crippen molar-refractivity contribution in [1.82, 2.24) is 24.5 Å². The summed E-state index contributed by atoms with van der Waals surface area (Å²) in [4.78, 5) is 35.3. The van der Waals surface area contributed by atoms with E-state index in [9.17, 15) is 4.79 Å². The minimum absolute atomic E-state index is 0.167. The zero-order chi connectivity index (χ0) is 19.8. The Hall–Kier alpha value is -3.29. The van der Waals surface area contributed by atoms with Gasteiger partial charge in [0.2, 0.25) is 5.95 Å². The largest absolute Gasteiger partial charge is 0.337 e. The van der Waals surface area contributed by atoms with Crippen molar-refractivity contribution in [3.63, 3.8) is 0 Å². The number of hydrogen-bond acceptors (Lipinski definition) is 6. The summed E-state index contributed by atoms with van der Waals surface area (Å²) in [6.45, 7) is 2.16. The van der Waals surface area contributed by atoms with Gasteiger partial charge in [-0.2, -0.15) is 4.98 Å². The molecular weight excluding hydrogens is 366 g/mol. The first-order valence-electron chi connectivity index (χ1n) is 10.00. The van der Waals surface area contributed by atoms with E-state index in [-0.39, 0.29) is 5.91 Å². The van der Waals surface area contributed by atoms with E-state index in [0.717, 1.165) is 42.2 Å². The van der Waals surface area contributed by atoms with Crippen molar-refractivity contribution >= 4 is 17.4 Å². The smallest absolute Gasteiger partial charge is 0.253 e. The molecule has 0 radical (unpaired) electrons. The number of anilines is 2. The van der Waals surface area contributed by atoms with Crippen molar-refractivity contribution in [3.8, 4) is 17.3 Å². The van der Waals surface area contributed by atoms with Gasteiger partial charge in [-0.1, -0.05) is 6.92 Å². The zero-order valence-corrected chi connectivity index (χ0v) is 16.4. The van der Waals surface area contributed by atoms with Crippen LogP contribution in [-0.2, 0) is 4.79 Å². The molecule has 29 heavy (non-hydrogen) atoms. The van der Waals surface area contributed by atoms with Crippen molar-refractivity contribution in [2.24, 2.45) is 5.92 Å². The fraction of sp³-hybridized carbons (Fsp3) is 0.381. The highest BCUT2D eigenvalue weighted by atomic mass is 16.2. The standard InChI is InChI=1S/C21H21N7O/c1-13-11-21(13)19(29)26(2)16-12-24-20(25-18(16)28(21)15-3-4-15)27-10-9-23-17(27)14-5-7-22-8-6-14/h5-10,12-13,15H,3-4,11H2,1-2H3/t13-,21-/m0/s1. The number of rotatable bonds is 3. The highest BCUT2D eigenvalue weighted by Crippen LogP contribution is 2.58. The Balaban J connectivity index is 1.50. The summed E-state index contributed by atoms with van der Waals surface area (Å²) in [5, 5.41) is 0. The Labute approximate surface area is 168 Å². The topological polar surface area (TPSA) is 80.0 Å². The molecule has 6 rings (SSSR count). The molecule has 0 unspecified atom stereocenters.